The zero-order chi connectivity index (χ0) is 11.7. The van der Waals surface area contributed by atoms with Crippen molar-refractivity contribution in [2.45, 2.75) is 45.6 Å². The average molecular weight is 238 g/mol. The molecule has 88 valence electrons. The van der Waals surface area contributed by atoms with Gasteiger partial charge in [-0.05, 0) is 55.4 Å². The maximum atomic E-state index is 6.04. The van der Waals surface area contributed by atoms with Gasteiger partial charge in [0.15, 0.2) is 0 Å². The van der Waals surface area contributed by atoms with Crippen LogP contribution < -0.4 is 5.32 Å². The fourth-order valence-electron chi connectivity index (χ4n) is 2.10. The lowest BCUT2D eigenvalue weighted by atomic mass is 10.0. The SMILES string of the molecule is CC(C)c1cc(Cl)ccc1NC(C)C1CC1. The van der Waals surface area contributed by atoms with Crippen LogP contribution in [0.1, 0.15) is 45.1 Å². The van der Waals surface area contributed by atoms with E-state index < -0.39 is 0 Å². The van der Waals surface area contributed by atoms with Gasteiger partial charge in [-0.3, -0.25) is 0 Å². The first-order valence-corrected chi connectivity index (χ1v) is 6.51. The first-order valence-electron chi connectivity index (χ1n) is 6.14. The third-order valence-corrected chi connectivity index (χ3v) is 3.58. The van der Waals surface area contributed by atoms with E-state index in [1.54, 1.807) is 0 Å². The number of hydrogen-bond acceptors (Lipinski definition) is 1. The molecule has 1 N–H and O–H groups in total. The molecule has 0 aliphatic heterocycles. The second-order valence-electron chi connectivity index (χ2n) is 5.16. The maximum Gasteiger partial charge on any atom is 0.0410 e. The van der Waals surface area contributed by atoms with Gasteiger partial charge in [-0.25, -0.2) is 0 Å². The highest BCUT2D eigenvalue weighted by Crippen LogP contribution is 2.35. The van der Waals surface area contributed by atoms with Crippen molar-refractivity contribution >= 4 is 17.3 Å². The lowest BCUT2D eigenvalue weighted by molar-refractivity contribution is 0.691. The van der Waals surface area contributed by atoms with Crippen LogP contribution in [0, 0.1) is 5.92 Å². The molecule has 1 fully saturated rings. The Morgan fingerprint density at radius 3 is 2.50 bits per heavy atom. The van der Waals surface area contributed by atoms with Crippen LogP contribution in [0.25, 0.3) is 0 Å². The number of anilines is 1. The van der Waals surface area contributed by atoms with Crippen molar-refractivity contribution in [3.8, 4) is 0 Å². The molecule has 2 rings (SSSR count). The molecule has 0 radical (unpaired) electrons. The third kappa shape index (κ3) is 2.70. The van der Waals surface area contributed by atoms with Gasteiger partial charge in [-0.1, -0.05) is 25.4 Å². The van der Waals surface area contributed by atoms with Crippen LogP contribution in [0.15, 0.2) is 18.2 Å². The summed E-state index contributed by atoms with van der Waals surface area (Å²) in [5.74, 6) is 1.38. The minimum Gasteiger partial charge on any atom is -0.382 e. The molecule has 0 aromatic heterocycles. The molecule has 16 heavy (non-hydrogen) atoms. The molecule has 1 saturated carbocycles. The summed E-state index contributed by atoms with van der Waals surface area (Å²) in [6.07, 6.45) is 2.75. The van der Waals surface area contributed by atoms with Crippen LogP contribution in [-0.4, -0.2) is 6.04 Å². The highest BCUT2D eigenvalue weighted by molar-refractivity contribution is 6.30. The molecule has 1 unspecified atom stereocenters. The van der Waals surface area contributed by atoms with Crippen LogP contribution in [-0.2, 0) is 0 Å². The van der Waals surface area contributed by atoms with E-state index in [4.69, 9.17) is 11.6 Å². The predicted molar refractivity (Wildman–Crippen MR) is 71.3 cm³/mol. The molecule has 1 atom stereocenters. The van der Waals surface area contributed by atoms with E-state index in [0.29, 0.717) is 12.0 Å². The highest BCUT2D eigenvalue weighted by Gasteiger charge is 2.28. The minimum absolute atomic E-state index is 0.507. The van der Waals surface area contributed by atoms with E-state index in [1.807, 2.05) is 6.07 Å². The summed E-state index contributed by atoms with van der Waals surface area (Å²) >= 11 is 6.04. The largest absolute Gasteiger partial charge is 0.382 e. The summed E-state index contributed by atoms with van der Waals surface area (Å²) in [6.45, 7) is 6.69. The highest BCUT2D eigenvalue weighted by atomic mass is 35.5. The fraction of sp³-hybridized carbons (Fsp3) is 0.571. The Balaban J connectivity index is 2.17. The van der Waals surface area contributed by atoms with Gasteiger partial charge in [0, 0.05) is 16.8 Å². The quantitative estimate of drug-likeness (QED) is 0.802. The molecule has 0 bridgehead atoms. The molecular formula is C14H20ClN. The summed E-state index contributed by atoms with van der Waals surface area (Å²) < 4.78 is 0. The van der Waals surface area contributed by atoms with Crippen molar-refractivity contribution < 1.29 is 0 Å². The lowest BCUT2D eigenvalue weighted by Gasteiger charge is -2.19. The minimum atomic E-state index is 0.507. The monoisotopic (exact) mass is 237 g/mol. The number of benzene rings is 1. The molecule has 1 nitrogen and oxygen atoms in total. The van der Waals surface area contributed by atoms with Gasteiger partial charge in [0.25, 0.3) is 0 Å². The topological polar surface area (TPSA) is 12.0 Å². The zero-order valence-corrected chi connectivity index (χ0v) is 11.0. The van der Waals surface area contributed by atoms with Crippen LogP contribution in [0.2, 0.25) is 5.02 Å². The van der Waals surface area contributed by atoms with Crippen molar-refractivity contribution in [3.05, 3.63) is 28.8 Å². The molecule has 0 heterocycles. The van der Waals surface area contributed by atoms with E-state index in [-0.39, 0.29) is 0 Å². The molecule has 0 saturated heterocycles. The normalized spacial score (nSPS) is 17.6. The van der Waals surface area contributed by atoms with Crippen molar-refractivity contribution in [2.24, 2.45) is 5.92 Å². The summed E-state index contributed by atoms with van der Waals surface area (Å²) in [7, 11) is 0. The molecule has 1 aliphatic rings. The average Bonchev–Trinajstić information content (AvgIpc) is 3.03. The smallest absolute Gasteiger partial charge is 0.0410 e. The van der Waals surface area contributed by atoms with Crippen molar-refractivity contribution in [2.75, 3.05) is 5.32 Å². The molecule has 1 aliphatic carbocycles. The Morgan fingerprint density at radius 1 is 1.25 bits per heavy atom. The van der Waals surface area contributed by atoms with E-state index in [2.05, 4.69) is 38.2 Å². The van der Waals surface area contributed by atoms with Gasteiger partial charge in [0.2, 0.25) is 0 Å². The van der Waals surface area contributed by atoms with Gasteiger partial charge in [0.05, 0.1) is 0 Å². The van der Waals surface area contributed by atoms with E-state index in [1.165, 1.54) is 24.1 Å². The zero-order valence-electron chi connectivity index (χ0n) is 10.3. The van der Waals surface area contributed by atoms with Gasteiger partial charge in [-0.2, -0.15) is 0 Å². The van der Waals surface area contributed by atoms with Crippen LogP contribution in [0.5, 0.6) is 0 Å². The van der Waals surface area contributed by atoms with Crippen molar-refractivity contribution in [1.82, 2.24) is 0 Å². The van der Waals surface area contributed by atoms with E-state index >= 15 is 0 Å². The summed E-state index contributed by atoms with van der Waals surface area (Å²) in [4.78, 5) is 0. The Kier molecular flexibility index (Phi) is 3.44. The Hall–Kier alpha value is -0.690. The second-order valence-corrected chi connectivity index (χ2v) is 5.59. The molecule has 1 aromatic rings. The van der Waals surface area contributed by atoms with Crippen LogP contribution in [0.4, 0.5) is 5.69 Å². The van der Waals surface area contributed by atoms with Gasteiger partial charge >= 0.3 is 0 Å². The first-order chi connectivity index (χ1) is 7.58. The Morgan fingerprint density at radius 2 is 1.94 bits per heavy atom. The first kappa shape index (κ1) is 11.8. The van der Waals surface area contributed by atoms with Gasteiger partial charge in [0.1, 0.15) is 0 Å². The van der Waals surface area contributed by atoms with Crippen LogP contribution in [0.3, 0.4) is 0 Å². The molecule has 1 aromatic carbocycles. The fourth-order valence-corrected chi connectivity index (χ4v) is 2.28. The van der Waals surface area contributed by atoms with E-state index in [0.717, 1.165) is 10.9 Å². The number of rotatable bonds is 4. The number of nitrogens with one attached hydrogen (secondary N) is 1. The van der Waals surface area contributed by atoms with Gasteiger partial charge < -0.3 is 5.32 Å². The Labute approximate surface area is 103 Å². The number of halogens is 1. The standard InChI is InChI=1S/C14H20ClN/c1-9(2)13-8-12(15)6-7-14(13)16-10(3)11-4-5-11/h6-11,16H,4-5H2,1-3H3. The molecule has 0 amide bonds. The Bertz CT molecular complexity index is 369. The maximum absolute atomic E-state index is 6.04. The van der Waals surface area contributed by atoms with Crippen molar-refractivity contribution in [1.29, 1.82) is 0 Å². The molecule has 2 heteroatoms. The predicted octanol–water partition coefficient (Wildman–Crippen LogP) is 4.67. The lowest BCUT2D eigenvalue weighted by Crippen LogP contribution is -2.18. The molecular weight excluding hydrogens is 218 g/mol. The third-order valence-electron chi connectivity index (χ3n) is 3.35. The second kappa shape index (κ2) is 4.67. The summed E-state index contributed by atoms with van der Waals surface area (Å²) in [5.41, 5.74) is 2.57. The van der Waals surface area contributed by atoms with E-state index in [9.17, 15) is 0 Å². The summed E-state index contributed by atoms with van der Waals surface area (Å²) in [5, 5.41) is 4.45. The molecule has 0 spiro atoms. The van der Waals surface area contributed by atoms with Crippen molar-refractivity contribution in [3.63, 3.8) is 0 Å². The summed E-state index contributed by atoms with van der Waals surface area (Å²) in [6, 6.07) is 6.73. The van der Waals surface area contributed by atoms with Crippen LogP contribution >= 0.6 is 11.6 Å². The number of hydrogen-bond donors (Lipinski definition) is 1. The van der Waals surface area contributed by atoms with Gasteiger partial charge in [-0.15, -0.1) is 0 Å².